The highest BCUT2D eigenvalue weighted by atomic mass is 79.9. The van der Waals surface area contributed by atoms with Gasteiger partial charge in [-0.25, -0.2) is 4.39 Å². The molecule has 1 amide bonds. The molecule has 1 N–H and O–H groups in total. The van der Waals surface area contributed by atoms with E-state index in [1.807, 2.05) is 6.92 Å². The summed E-state index contributed by atoms with van der Waals surface area (Å²) in [4.78, 5) is 28.6. The second-order valence-corrected chi connectivity index (χ2v) is 9.14. The standard InChI is InChI=1S/C25H16BrClFNO5/c1-11-3-5-14(10-17(11)27)29-21(12-7-16(26)23(31)19(8-12)33-2)20-22(30)15-9-13(28)4-6-18(15)34-24(20)25(29)32/h3-10,21,31H,1-2H3. The maximum Gasteiger partial charge on any atom is 0.295 e. The van der Waals surface area contributed by atoms with E-state index in [9.17, 15) is 19.1 Å². The number of halogens is 3. The lowest BCUT2D eigenvalue weighted by Gasteiger charge is -2.26. The summed E-state index contributed by atoms with van der Waals surface area (Å²) in [6.07, 6.45) is 0. The third-order valence-electron chi connectivity index (χ3n) is 5.85. The van der Waals surface area contributed by atoms with E-state index in [0.717, 1.165) is 17.7 Å². The largest absolute Gasteiger partial charge is 0.503 e. The number of hydrogen-bond acceptors (Lipinski definition) is 5. The molecule has 0 aliphatic carbocycles. The summed E-state index contributed by atoms with van der Waals surface area (Å²) >= 11 is 9.65. The number of amides is 1. The van der Waals surface area contributed by atoms with Gasteiger partial charge in [0.25, 0.3) is 5.91 Å². The molecule has 1 atom stereocenters. The van der Waals surface area contributed by atoms with Crippen LogP contribution in [0.5, 0.6) is 11.5 Å². The van der Waals surface area contributed by atoms with Gasteiger partial charge in [0.1, 0.15) is 11.4 Å². The van der Waals surface area contributed by atoms with Gasteiger partial charge in [0.05, 0.1) is 28.6 Å². The van der Waals surface area contributed by atoms with Gasteiger partial charge in [-0.2, -0.15) is 0 Å². The molecule has 4 aromatic rings. The number of ether oxygens (including phenoxy) is 1. The molecular formula is C25H16BrClFNO5. The van der Waals surface area contributed by atoms with Crippen molar-refractivity contribution < 1.29 is 23.4 Å². The molecule has 0 saturated carbocycles. The third kappa shape index (κ3) is 3.36. The number of phenols is 1. The monoisotopic (exact) mass is 543 g/mol. The van der Waals surface area contributed by atoms with Crippen LogP contribution in [-0.2, 0) is 0 Å². The number of aryl methyl sites for hydroxylation is 1. The zero-order valence-corrected chi connectivity index (χ0v) is 20.2. The molecule has 1 aromatic heterocycles. The molecule has 9 heteroatoms. The number of carbonyl (C=O) groups is 1. The van der Waals surface area contributed by atoms with Crippen molar-refractivity contribution >= 4 is 50.1 Å². The number of hydrogen-bond donors (Lipinski definition) is 1. The minimum Gasteiger partial charge on any atom is -0.503 e. The van der Waals surface area contributed by atoms with Crippen molar-refractivity contribution in [1.29, 1.82) is 0 Å². The fourth-order valence-electron chi connectivity index (χ4n) is 4.17. The van der Waals surface area contributed by atoms with Gasteiger partial charge in [-0.05, 0) is 76.4 Å². The molecule has 1 aliphatic heterocycles. The van der Waals surface area contributed by atoms with Gasteiger partial charge in [-0.15, -0.1) is 0 Å². The molecule has 6 nitrogen and oxygen atoms in total. The molecule has 34 heavy (non-hydrogen) atoms. The van der Waals surface area contributed by atoms with Crippen LogP contribution in [0.1, 0.15) is 33.3 Å². The first-order valence-corrected chi connectivity index (χ1v) is 11.3. The Morgan fingerprint density at radius 2 is 1.91 bits per heavy atom. The van der Waals surface area contributed by atoms with Gasteiger partial charge in [-0.1, -0.05) is 17.7 Å². The average molecular weight is 545 g/mol. The highest BCUT2D eigenvalue weighted by Gasteiger charge is 2.44. The van der Waals surface area contributed by atoms with Crippen LogP contribution in [0.2, 0.25) is 5.02 Å². The Labute approximate surface area is 206 Å². The van der Waals surface area contributed by atoms with E-state index < -0.39 is 23.2 Å². The second kappa shape index (κ2) is 8.14. The zero-order valence-electron chi connectivity index (χ0n) is 17.9. The number of nitrogens with zero attached hydrogens (tertiary/aromatic N) is 1. The number of carbonyl (C=O) groups excluding carboxylic acids is 1. The first-order valence-electron chi connectivity index (χ1n) is 10.1. The summed E-state index contributed by atoms with van der Waals surface area (Å²) in [5.41, 5.74) is 1.35. The first-order chi connectivity index (χ1) is 16.2. The van der Waals surface area contributed by atoms with Crippen molar-refractivity contribution in [3.05, 3.63) is 96.5 Å². The Bertz CT molecular complexity index is 1570. The molecule has 5 rings (SSSR count). The minimum atomic E-state index is -0.948. The summed E-state index contributed by atoms with van der Waals surface area (Å²) in [7, 11) is 1.39. The lowest BCUT2D eigenvalue weighted by Crippen LogP contribution is -2.29. The molecule has 0 bridgehead atoms. The molecule has 2 heterocycles. The SMILES string of the molecule is COc1cc(C2c3c(oc4ccc(F)cc4c3=O)C(=O)N2c2ccc(C)c(Cl)c2)cc(Br)c1O. The highest BCUT2D eigenvalue weighted by Crippen LogP contribution is 2.45. The lowest BCUT2D eigenvalue weighted by molar-refractivity contribution is 0.0971. The van der Waals surface area contributed by atoms with E-state index in [-0.39, 0.29) is 33.8 Å². The van der Waals surface area contributed by atoms with Crippen LogP contribution in [0.4, 0.5) is 10.1 Å². The number of methoxy groups -OCH3 is 1. The summed E-state index contributed by atoms with van der Waals surface area (Å²) < 4.78 is 25.4. The van der Waals surface area contributed by atoms with Gasteiger partial charge < -0.3 is 14.3 Å². The molecule has 172 valence electrons. The lowest BCUT2D eigenvalue weighted by atomic mass is 9.97. The Kier molecular flexibility index (Phi) is 5.37. The number of anilines is 1. The highest BCUT2D eigenvalue weighted by molar-refractivity contribution is 9.10. The fraction of sp³-hybridized carbons (Fsp3) is 0.120. The second-order valence-electron chi connectivity index (χ2n) is 7.88. The quantitative estimate of drug-likeness (QED) is 0.336. The van der Waals surface area contributed by atoms with E-state index >= 15 is 0 Å². The smallest absolute Gasteiger partial charge is 0.295 e. The van der Waals surface area contributed by atoms with Gasteiger partial charge >= 0.3 is 0 Å². The van der Waals surface area contributed by atoms with Crippen molar-refractivity contribution in [2.24, 2.45) is 0 Å². The van der Waals surface area contributed by atoms with Crippen molar-refractivity contribution in [1.82, 2.24) is 0 Å². The number of benzene rings is 3. The van der Waals surface area contributed by atoms with E-state index in [1.165, 1.54) is 24.1 Å². The summed E-state index contributed by atoms with van der Waals surface area (Å²) in [6, 6.07) is 10.8. The maximum atomic E-state index is 14.0. The van der Waals surface area contributed by atoms with E-state index in [2.05, 4.69) is 15.9 Å². The fourth-order valence-corrected chi connectivity index (χ4v) is 4.80. The normalized spacial score (nSPS) is 15.1. The van der Waals surface area contributed by atoms with Crippen molar-refractivity contribution in [3.8, 4) is 11.5 Å². The first kappa shape index (κ1) is 22.4. The molecule has 0 saturated heterocycles. The topological polar surface area (TPSA) is 80.0 Å². The van der Waals surface area contributed by atoms with Crippen LogP contribution in [0.3, 0.4) is 0 Å². The van der Waals surface area contributed by atoms with Crippen LogP contribution >= 0.6 is 27.5 Å². The Morgan fingerprint density at radius 3 is 2.62 bits per heavy atom. The van der Waals surface area contributed by atoms with Crippen molar-refractivity contribution in [2.45, 2.75) is 13.0 Å². The van der Waals surface area contributed by atoms with E-state index in [1.54, 1.807) is 24.3 Å². The van der Waals surface area contributed by atoms with Crippen molar-refractivity contribution in [2.75, 3.05) is 12.0 Å². The van der Waals surface area contributed by atoms with Gasteiger partial charge in [0.2, 0.25) is 5.76 Å². The number of fused-ring (bicyclic) bond motifs is 2. The summed E-state index contributed by atoms with van der Waals surface area (Å²) in [6.45, 7) is 1.83. The van der Waals surface area contributed by atoms with Crippen LogP contribution in [0, 0.1) is 12.7 Å². The average Bonchev–Trinajstić information content (AvgIpc) is 3.10. The van der Waals surface area contributed by atoms with Gasteiger partial charge in [-0.3, -0.25) is 14.5 Å². The molecule has 3 aromatic carbocycles. The molecule has 0 radical (unpaired) electrons. The molecule has 0 fully saturated rings. The number of rotatable bonds is 3. The van der Waals surface area contributed by atoms with Crippen LogP contribution in [0.15, 0.2) is 62.2 Å². The molecule has 0 spiro atoms. The van der Waals surface area contributed by atoms with Crippen LogP contribution < -0.4 is 15.1 Å². The zero-order chi connectivity index (χ0) is 24.3. The van der Waals surface area contributed by atoms with Crippen LogP contribution in [-0.4, -0.2) is 18.1 Å². The van der Waals surface area contributed by atoms with Gasteiger partial charge in [0, 0.05) is 10.7 Å². The molecular weight excluding hydrogens is 529 g/mol. The van der Waals surface area contributed by atoms with E-state index in [4.69, 9.17) is 20.8 Å². The predicted octanol–water partition coefficient (Wildman–Crippen LogP) is 6.12. The van der Waals surface area contributed by atoms with Crippen molar-refractivity contribution in [3.63, 3.8) is 0 Å². The van der Waals surface area contributed by atoms with E-state index in [0.29, 0.717) is 20.7 Å². The third-order valence-corrected chi connectivity index (χ3v) is 6.86. The Balaban J connectivity index is 1.85. The summed E-state index contributed by atoms with van der Waals surface area (Å²) in [5.74, 6) is -1.28. The number of aromatic hydroxyl groups is 1. The molecule has 1 aliphatic rings. The predicted molar refractivity (Wildman–Crippen MR) is 130 cm³/mol. The van der Waals surface area contributed by atoms with Crippen LogP contribution in [0.25, 0.3) is 11.0 Å². The van der Waals surface area contributed by atoms with Gasteiger partial charge in [0.15, 0.2) is 16.9 Å². The number of phenolic OH excluding ortho intramolecular Hbond substituents is 1. The Morgan fingerprint density at radius 1 is 1.15 bits per heavy atom. The minimum absolute atomic E-state index is 0.0187. The molecule has 1 unspecified atom stereocenters. The maximum absolute atomic E-state index is 14.0. The Hall–Kier alpha value is -3.36. The summed E-state index contributed by atoms with van der Waals surface area (Å²) in [5, 5.41) is 10.8.